The third kappa shape index (κ3) is 3.51. The number of hydrogen-bond acceptors (Lipinski definition) is 2. The molecule has 2 atom stereocenters. The van der Waals surface area contributed by atoms with E-state index in [0.717, 1.165) is 0 Å². The molecule has 1 aromatic rings. The number of nitrogens with zero attached hydrogens (tertiary/aromatic N) is 2. The van der Waals surface area contributed by atoms with E-state index in [0.29, 0.717) is 18.7 Å². The fourth-order valence-corrected chi connectivity index (χ4v) is 2.66. The van der Waals surface area contributed by atoms with Gasteiger partial charge in [0.05, 0.1) is 5.92 Å². The maximum atomic E-state index is 13.1. The lowest BCUT2D eigenvalue weighted by atomic mass is 9.99. The standard InChI is InChI=1S/C15H19FN2O3/c1-10-7-18(9-13(10)14(19)20)15(21)17(2)8-11-4-3-5-12(16)6-11/h3-6,10,13H,7-9H2,1-2H3,(H,19,20). The first-order chi connectivity index (χ1) is 9.88. The van der Waals surface area contributed by atoms with Gasteiger partial charge in [0.1, 0.15) is 5.82 Å². The molecule has 1 N–H and O–H groups in total. The SMILES string of the molecule is CC1CN(C(=O)N(C)Cc2cccc(F)c2)CC1C(=O)O. The van der Waals surface area contributed by atoms with Gasteiger partial charge < -0.3 is 14.9 Å². The maximum Gasteiger partial charge on any atom is 0.320 e. The van der Waals surface area contributed by atoms with Crippen molar-refractivity contribution in [1.82, 2.24) is 9.80 Å². The minimum atomic E-state index is -0.870. The molecule has 0 aromatic heterocycles. The summed E-state index contributed by atoms with van der Waals surface area (Å²) in [7, 11) is 1.63. The molecule has 0 bridgehead atoms. The molecule has 1 fully saturated rings. The summed E-state index contributed by atoms with van der Waals surface area (Å²) in [4.78, 5) is 26.4. The molecule has 1 aromatic carbocycles. The van der Waals surface area contributed by atoms with Gasteiger partial charge in [-0.15, -0.1) is 0 Å². The second-order valence-electron chi connectivity index (χ2n) is 5.60. The Morgan fingerprint density at radius 2 is 2.14 bits per heavy atom. The van der Waals surface area contributed by atoms with Gasteiger partial charge >= 0.3 is 12.0 Å². The van der Waals surface area contributed by atoms with Crippen LogP contribution in [0.4, 0.5) is 9.18 Å². The molecule has 114 valence electrons. The lowest BCUT2D eigenvalue weighted by Crippen LogP contribution is -2.40. The van der Waals surface area contributed by atoms with E-state index in [2.05, 4.69) is 0 Å². The normalized spacial score (nSPS) is 21.4. The molecule has 2 amide bonds. The van der Waals surface area contributed by atoms with Gasteiger partial charge in [0.25, 0.3) is 0 Å². The van der Waals surface area contributed by atoms with Crippen molar-refractivity contribution in [3.05, 3.63) is 35.6 Å². The lowest BCUT2D eigenvalue weighted by molar-refractivity contribution is -0.142. The van der Waals surface area contributed by atoms with Crippen LogP contribution in [0.5, 0.6) is 0 Å². The molecule has 0 radical (unpaired) electrons. The third-order valence-corrected chi connectivity index (χ3v) is 3.84. The predicted octanol–water partition coefficient (Wildman–Crippen LogP) is 2.03. The zero-order valence-corrected chi connectivity index (χ0v) is 12.1. The molecule has 21 heavy (non-hydrogen) atoms. The van der Waals surface area contributed by atoms with Crippen molar-refractivity contribution in [3.8, 4) is 0 Å². The van der Waals surface area contributed by atoms with Gasteiger partial charge in [0, 0.05) is 26.7 Å². The average Bonchev–Trinajstić information content (AvgIpc) is 2.80. The van der Waals surface area contributed by atoms with E-state index in [1.165, 1.54) is 17.0 Å². The van der Waals surface area contributed by atoms with E-state index >= 15 is 0 Å². The Labute approximate surface area is 123 Å². The smallest absolute Gasteiger partial charge is 0.320 e. The summed E-state index contributed by atoms with van der Waals surface area (Å²) in [6.45, 7) is 2.78. The van der Waals surface area contributed by atoms with Crippen LogP contribution in [0.3, 0.4) is 0 Å². The minimum absolute atomic E-state index is 0.0611. The molecule has 1 saturated heterocycles. The number of halogens is 1. The number of carbonyl (C=O) groups is 2. The summed E-state index contributed by atoms with van der Waals surface area (Å²) in [6.07, 6.45) is 0. The van der Waals surface area contributed by atoms with Crippen LogP contribution in [0, 0.1) is 17.7 Å². The highest BCUT2D eigenvalue weighted by Gasteiger charge is 2.37. The summed E-state index contributed by atoms with van der Waals surface area (Å²) in [5, 5.41) is 9.09. The van der Waals surface area contributed by atoms with Crippen molar-refractivity contribution >= 4 is 12.0 Å². The van der Waals surface area contributed by atoms with Crippen LogP contribution < -0.4 is 0 Å². The topological polar surface area (TPSA) is 60.9 Å². The third-order valence-electron chi connectivity index (χ3n) is 3.84. The van der Waals surface area contributed by atoms with Gasteiger partial charge in [0.2, 0.25) is 0 Å². The number of carboxylic acid groups (broad SMARTS) is 1. The Bertz CT molecular complexity index is 549. The number of carboxylic acids is 1. The number of rotatable bonds is 3. The molecule has 6 heteroatoms. The van der Waals surface area contributed by atoms with Crippen LogP contribution in [-0.2, 0) is 11.3 Å². The zero-order valence-electron chi connectivity index (χ0n) is 12.1. The average molecular weight is 294 g/mol. The molecule has 0 aliphatic carbocycles. The second-order valence-corrected chi connectivity index (χ2v) is 5.60. The summed E-state index contributed by atoms with van der Waals surface area (Å²) in [5.41, 5.74) is 0.702. The van der Waals surface area contributed by atoms with Gasteiger partial charge in [-0.1, -0.05) is 19.1 Å². The Hall–Kier alpha value is -2.11. The Morgan fingerprint density at radius 3 is 2.71 bits per heavy atom. The Morgan fingerprint density at radius 1 is 1.43 bits per heavy atom. The van der Waals surface area contributed by atoms with Crippen LogP contribution in [0.1, 0.15) is 12.5 Å². The fraction of sp³-hybridized carbons (Fsp3) is 0.467. The van der Waals surface area contributed by atoms with Crippen LogP contribution >= 0.6 is 0 Å². The molecular weight excluding hydrogens is 275 g/mol. The first-order valence-electron chi connectivity index (χ1n) is 6.85. The van der Waals surface area contributed by atoms with Gasteiger partial charge in [-0.25, -0.2) is 9.18 Å². The van der Waals surface area contributed by atoms with Gasteiger partial charge in [-0.2, -0.15) is 0 Å². The van der Waals surface area contributed by atoms with Crippen LogP contribution in [-0.4, -0.2) is 47.0 Å². The van der Waals surface area contributed by atoms with E-state index < -0.39 is 11.9 Å². The Kier molecular flexibility index (Phi) is 4.45. The van der Waals surface area contributed by atoms with E-state index in [1.807, 2.05) is 6.92 Å². The van der Waals surface area contributed by atoms with Crippen LogP contribution in [0.15, 0.2) is 24.3 Å². The number of benzene rings is 1. The van der Waals surface area contributed by atoms with Crippen LogP contribution in [0.25, 0.3) is 0 Å². The van der Waals surface area contributed by atoms with Crippen molar-refractivity contribution in [3.63, 3.8) is 0 Å². The summed E-state index contributed by atoms with van der Waals surface area (Å²) >= 11 is 0. The highest BCUT2D eigenvalue weighted by Crippen LogP contribution is 2.24. The van der Waals surface area contributed by atoms with Crippen molar-refractivity contribution in [1.29, 1.82) is 0 Å². The van der Waals surface area contributed by atoms with E-state index in [1.54, 1.807) is 24.1 Å². The molecule has 2 rings (SSSR count). The first-order valence-corrected chi connectivity index (χ1v) is 6.85. The largest absolute Gasteiger partial charge is 0.481 e. The molecule has 1 heterocycles. The summed E-state index contributed by atoms with van der Waals surface area (Å²) < 4.78 is 13.1. The maximum absolute atomic E-state index is 13.1. The van der Waals surface area contributed by atoms with Crippen molar-refractivity contribution in [2.45, 2.75) is 13.5 Å². The van der Waals surface area contributed by atoms with E-state index in [9.17, 15) is 14.0 Å². The second kappa shape index (κ2) is 6.11. The zero-order chi connectivity index (χ0) is 15.6. The number of hydrogen-bond donors (Lipinski definition) is 1. The van der Waals surface area contributed by atoms with Gasteiger partial charge in [-0.3, -0.25) is 4.79 Å². The van der Waals surface area contributed by atoms with Crippen molar-refractivity contribution in [2.24, 2.45) is 11.8 Å². The fourth-order valence-electron chi connectivity index (χ4n) is 2.66. The molecule has 5 nitrogen and oxygen atoms in total. The summed E-state index contributed by atoms with van der Waals surface area (Å²) in [5.74, 6) is -1.79. The number of urea groups is 1. The number of likely N-dealkylation sites (tertiary alicyclic amines) is 1. The molecule has 0 saturated carbocycles. The molecule has 2 unspecified atom stereocenters. The number of aliphatic carboxylic acids is 1. The molecule has 1 aliphatic heterocycles. The summed E-state index contributed by atoms with van der Waals surface area (Å²) in [6, 6.07) is 5.86. The van der Waals surface area contributed by atoms with Crippen LogP contribution in [0.2, 0.25) is 0 Å². The Balaban J connectivity index is 1.99. The minimum Gasteiger partial charge on any atom is -0.481 e. The molecule has 1 aliphatic rings. The monoisotopic (exact) mass is 294 g/mol. The first kappa shape index (κ1) is 15.3. The molecular formula is C15H19FN2O3. The van der Waals surface area contributed by atoms with E-state index in [-0.39, 0.29) is 24.3 Å². The predicted molar refractivity (Wildman–Crippen MR) is 75.1 cm³/mol. The number of amides is 2. The van der Waals surface area contributed by atoms with Crippen molar-refractivity contribution in [2.75, 3.05) is 20.1 Å². The van der Waals surface area contributed by atoms with E-state index in [4.69, 9.17) is 5.11 Å². The quantitative estimate of drug-likeness (QED) is 0.928. The molecule has 0 spiro atoms. The van der Waals surface area contributed by atoms with Crippen molar-refractivity contribution < 1.29 is 19.1 Å². The lowest BCUT2D eigenvalue weighted by Gasteiger charge is -2.24. The van der Waals surface area contributed by atoms with Gasteiger partial charge in [0.15, 0.2) is 0 Å². The number of carbonyl (C=O) groups excluding carboxylic acids is 1. The highest BCUT2D eigenvalue weighted by atomic mass is 19.1. The highest BCUT2D eigenvalue weighted by molar-refractivity contribution is 5.77. The van der Waals surface area contributed by atoms with Gasteiger partial charge in [-0.05, 0) is 23.6 Å².